The van der Waals surface area contributed by atoms with Crippen LogP contribution in [0.2, 0.25) is 0 Å². The Morgan fingerprint density at radius 2 is 2.37 bits per heavy atom. The van der Waals surface area contributed by atoms with Crippen LogP contribution in [0, 0.1) is 10.1 Å². The number of anilines is 1. The van der Waals surface area contributed by atoms with Gasteiger partial charge in [-0.25, -0.2) is 4.98 Å². The van der Waals surface area contributed by atoms with Crippen LogP contribution in [0.5, 0.6) is 0 Å². The van der Waals surface area contributed by atoms with E-state index in [-0.39, 0.29) is 10.7 Å². The minimum Gasteiger partial charge on any atom is -0.354 e. The Morgan fingerprint density at radius 3 is 2.95 bits per heavy atom. The summed E-state index contributed by atoms with van der Waals surface area (Å²) in [6, 6.07) is 0. The van der Waals surface area contributed by atoms with Crippen molar-refractivity contribution in [2.75, 3.05) is 11.9 Å². The van der Waals surface area contributed by atoms with Crippen molar-refractivity contribution in [1.82, 2.24) is 24.7 Å². The topological polar surface area (TPSA) is 112 Å². The lowest BCUT2D eigenvalue weighted by Crippen LogP contribution is -2.04. The van der Waals surface area contributed by atoms with Crippen molar-refractivity contribution >= 4 is 23.4 Å². The molecule has 2 aromatic rings. The number of hydrogen-bond acceptors (Lipinski definition) is 8. The average molecular weight is 281 g/mol. The van der Waals surface area contributed by atoms with E-state index in [2.05, 4.69) is 25.5 Å². The minimum absolute atomic E-state index is 0.158. The van der Waals surface area contributed by atoms with Gasteiger partial charge in [0.2, 0.25) is 5.95 Å². The summed E-state index contributed by atoms with van der Waals surface area (Å²) in [6.45, 7) is 2.52. The second kappa shape index (κ2) is 5.61. The monoisotopic (exact) mass is 281 g/mol. The number of hydrogen-bond donors (Lipinski definition) is 1. The largest absolute Gasteiger partial charge is 0.354 e. The Labute approximate surface area is 112 Å². The summed E-state index contributed by atoms with van der Waals surface area (Å²) < 4.78 is 1.66. The Balaban J connectivity index is 2.37. The first kappa shape index (κ1) is 13.2. The van der Waals surface area contributed by atoms with E-state index >= 15 is 0 Å². The molecule has 9 nitrogen and oxygen atoms in total. The molecule has 0 radical (unpaired) electrons. The van der Waals surface area contributed by atoms with E-state index in [9.17, 15) is 10.1 Å². The lowest BCUT2D eigenvalue weighted by molar-refractivity contribution is -0.388. The van der Waals surface area contributed by atoms with Crippen molar-refractivity contribution in [3.63, 3.8) is 0 Å². The summed E-state index contributed by atoms with van der Waals surface area (Å²) in [6.07, 6.45) is 2.70. The summed E-state index contributed by atoms with van der Waals surface area (Å²) in [5, 5.41) is 22.2. The van der Waals surface area contributed by atoms with E-state index in [0.29, 0.717) is 17.6 Å². The van der Waals surface area contributed by atoms with Crippen molar-refractivity contribution in [2.24, 2.45) is 7.05 Å². The van der Waals surface area contributed by atoms with Crippen molar-refractivity contribution in [2.45, 2.75) is 17.1 Å². The van der Waals surface area contributed by atoms with Gasteiger partial charge in [-0.15, -0.1) is 10.2 Å². The third kappa shape index (κ3) is 2.96. The molecule has 2 rings (SSSR count). The van der Waals surface area contributed by atoms with Gasteiger partial charge < -0.3 is 9.88 Å². The van der Waals surface area contributed by atoms with Crippen molar-refractivity contribution in [1.29, 1.82) is 0 Å². The van der Waals surface area contributed by atoms with E-state index in [1.54, 1.807) is 11.6 Å². The van der Waals surface area contributed by atoms with Crippen molar-refractivity contribution in [3.05, 3.63) is 22.6 Å². The standard InChI is InChI=1S/C9H11N7O2S/c1-3-10-8-11-4-6(16(17)18)7(13-8)19-9-14-12-5-15(9)2/h4-5H,3H2,1-2H3,(H,10,11,13). The maximum absolute atomic E-state index is 11.0. The van der Waals surface area contributed by atoms with Crippen LogP contribution in [0.25, 0.3) is 0 Å². The molecule has 19 heavy (non-hydrogen) atoms. The smallest absolute Gasteiger partial charge is 0.320 e. The normalized spacial score (nSPS) is 10.4. The summed E-state index contributed by atoms with van der Waals surface area (Å²) in [4.78, 5) is 18.4. The second-order valence-corrected chi connectivity index (χ2v) is 4.45. The lowest BCUT2D eigenvalue weighted by atomic mass is 10.5. The SMILES string of the molecule is CCNc1ncc([N+](=O)[O-])c(Sc2nncn2C)n1. The second-order valence-electron chi connectivity index (χ2n) is 3.50. The van der Waals surface area contributed by atoms with E-state index in [1.807, 2.05) is 6.92 Å². The van der Waals surface area contributed by atoms with Gasteiger partial charge in [0.05, 0.1) is 4.92 Å². The molecule has 0 aliphatic heterocycles. The Morgan fingerprint density at radius 1 is 1.58 bits per heavy atom. The average Bonchev–Trinajstić information content (AvgIpc) is 2.75. The van der Waals surface area contributed by atoms with E-state index in [4.69, 9.17) is 0 Å². The molecule has 0 unspecified atom stereocenters. The number of nitrogens with zero attached hydrogens (tertiary/aromatic N) is 6. The molecule has 0 aliphatic rings. The van der Waals surface area contributed by atoms with Crippen LogP contribution in [0.15, 0.2) is 22.7 Å². The molecule has 0 saturated heterocycles. The van der Waals surface area contributed by atoms with Crippen LogP contribution >= 0.6 is 11.8 Å². The maximum Gasteiger partial charge on any atom is 0.320 e. The minimum atomic E-state index is -0.519. The summed E-state index contributed by atoms with van der Waals surface area (Å²) in [7, 11) is 1.75. The van der Waals surface area contributed by atoms with Crippen molar-refractivity contribution < 1.29 is 4.92 Å². The van der Waals surface area contributed by atoms with Crippen molar-refractivity contribution in [3.8, 4) is 0 Å². The molecule has 2 heterocycles. The zero-order valence-corrected chi connectivity index (χ0v) is 11.1. The zero-order valence-electron chi connectivity index (χ0n) is 10.3. The highest BCUT2D eigenvalue weighted by atomic mass is 32.2. The molecule has 100 valence electrons. The summed E-state index contributed by atoms with van der Waals surface area (Å²) >= 11 is 1.07. The van der Waals surface area contributed by atoms with Gasteiger partial charge in [-0.1, -0.05) is 0 Å². The molecule has 0 saturated carbocycles. The Bertz CT molecular complexity index is 600. The fourth-order valence-electron chi connectivity index (χ4n) is 1.25. The van der Waals surface area contributed by atoms with Crippen LogP contribution in [-0.4, -0.2) is 36.2 Å². The molecular formula is C9H11N7O2S. The highest BCUT2D eigenvalue weighted by Crippen LogP contribution is 2.31. The fraction of sp³-hybridized carbons (Fsp3) is 0.333. The van der Waals surface area contributed by atoms with Gasteiger partial charge in [-0.05, 0) is 18.7 Å². The molecule has 0 atom stereocenters. The first-order valence-electron chi connectivity index (χ1n) is 5.39. The van der Waals surface area contributed by atoms with Crippen LogP contribution < -0.4 is 5.32 Å². The molecule has 0 spiro atoms. The maximum atomic E-state index is 11.0. The highest BCUT2D eigenvalue weighted by molar-refractivity contribution is 7.99. The quantitative estimate of drug-likeness (QED) is 0.492. The van der Waals surface area contributed by atoms with E-state index in [1.165, 1.54) is 12.5 Å². The van der Waals surface area contributed by atoms with Crippen LogP contribution in [0.4, 0.5) is 11.6 Å². The van der Waals surface area contributed by atoms with Crippen LogP contribution in [0.1, 0.15) is 6.92 Å². The molecular weight excluding hydrogens is 270 g/mol. The van der Waals surface area contributed by atoms with E-state index in [0.717, 1.165) is 11.8 Å². The van der Waals surface area contributed by atoms with Gasteiger partial charge in [0.1, 0.15) is 12.5 Å². The van der Waals surface area contributed by atoms with E-state index < -0.39 is 4.92 Å². The number of aromatic nitrogens is 5. The number of aryl methyl sites for hydroxylation is 1. The predicted molar refractivity (Wildman–Crippen MR) is 68.0 cm³/mol. The lowest BCUT2D eigenvalue weighted by Gasteiger charge is -2.04. The third-order valence-electron chi connectivity index (χ3n) is 2.13. The molecule has 2 aromatic heterocycles. The van der Waals surface area contributed by atoms with Gasteiger partial charge >= 0.3 is 5.69 Å². The van der Waals surface area contributed by atoms with Gasteiger partial charge in [-0.2, -0.15) is 4.98 Å². The predicted octanol–water partition coefficient (Wildman–Crippen LogP) is 1.10. The number of rotatable bonds is 5. The van der Waals surface area contributed by atoms with Crippen LogP contribution in [0.3, 0.4) is 0 Å². The number of nitrogens with one attached hydrogen (secondary N) is 1. The molecule has 0 aromatic carbocycles. The first-order valence-corrected chi connectivity index (χ1v) is 6.20. The van der Waals surface area contributed by atoms with Crippen LogP contribution in [-0.2, 0) is 7.05 Å². The molecule has 0 aliphatic carbocycles. The fourth-order valence-corrected chi connectivity index (χ4v) is 2.07. The Kier molecular flexibility index (Phi) is 3.90. The first-order chi connectivity index (χ1) is 9.11. The van der Waals surface area contributed by atoms with Gasteiger partial charge in [0, 0.05) is 13.6 Å². The van der Waals surface area contributed by atoms with Gasteiger partial charge in [-0.3, -0.25) is 10.1 Å². The van der Waals surface area contributed by atoms with Gasteiger partial charge in [0.25, 0.3) is 0 Å². The third-order valence-corrected chi connectivity index (χ3v) is 3.17. The zero-order chi connectivity index (χ0) is 13.8. The Hall–Kier alpha value is -2.23. The molecule has 0 amide bonds. The molecule has 0 bridgehead atoms. The molecule has 1 N–H and O–H groups in total. The summed E-state index contributed by atoms with van der Waals surface area (Å²) in [5.41, 5.74) is -0.158. The number of nitro groups is 1. The summed E-state index contributed by atoms with van der Waals surface area (Å²) in [5.74, 6) is 0.345. The highest BCUT2D eigenvalue weighted by Gasteiger charge is 2.20. The molecule has 10 heteroatoms. The molecule has 0 fully saturated rings. The van der Waals surface area contributed by atoms with Gasteiger partial charge in [0.15, 0.2) is 10.2 Å².